The van der Waals surface area contributed by atoms with Gasteiger partial charge < -0.3 is 10.4 Å². The van der Waals surface area contributed by atoms with Gasteiger partial charge in [0.05, 0.1) is 0 Å². The molecule has 1 unspecified atom stereocenters. The molecule has 0 bridgehead atoms. The summed E-state index contributed by atoms with van der Waals surface area (Å²) in [5, 5.41) is 12.5. The number of anilines is 1. The zero-order valence-corrected chi connectivity index (χ0v) is 8.53. The average molecular weight is 191 g/mol. The normalized spacial score (nSPS) is 17.8. The number of hydrogen-bond donors (Lipinski definition) is 2. The first kappa shape index (κ1) is 9.38. The van der Waals surface area contributed by atoms with Gasteiger partial charge in [0.1, 0.15) is 5.75 Å². The largest absolute Gasteiger partial charge is 0.508 e. The van der Waals surface area contributed by atoms with E-state index in [-0.39, 0.29) is 0 Å². The van der Waals surface area contributed by atoms with Crippen molar-refractivity contribution >= 4 is 5.69 Å². The van der Waals surface area contributed by atoms with Crippen LogP contribution in [0.5, 0.6) is 5.75 Å². The van der Waals surface area contributed by atoms with E-state index in [0.717, 1.165) is 11.6 Å². The molecule has 2 N–H and O–H groups in total. The Morgan fingerprint density at radius 2 is 2.00 bits per heavy atom. The van der Waals surface area contributed by atoms with E-state index in [1.807, 2.05) is 12.1 Å². The number of nitrogens with one attached hydrogen (secondary N) is 1. The Balaban J connectivity index is 1.85. The third-order valence-electron chi connectivity index (χ3n) is 2.66. The third-order valence-corrected chi connectivity index (χ3v) is 2.66. The van der Waals surface area contributed by atoms with Gasteiger partial charge in [0.2, 0.25) is 0 Å². The fourth-order valence-electron chi connectivity index (χ4n) is 1.75. The minimum atomic E-state index is 0.324. The minimum absolute atomic E-state index is 0.324. The molecule has 1 aliphatic carbocycles. The fourth-order valence-corrected chi connectivity index (χ4v) is 1.75. The van der Waals surface area contributed by atoms with Crippen LogP contribution in [0.4, 0.5) is 5.69 Å². The summed E-state index contributed by atoms with van der Waals surface area (Å²) in [5.41, 5.74) is 1.09. The maximum Gasteiger partial charge on any atom is 0.115 e. The molecule has 0 aromatic heterocycles. The zero-order valence-electron chi connectivity index (χ0n) is 8.53. The highest BCUT2D eigenvalue weighted by Crippen LogP contribution is 2.34. The third kappa shape index (κ3) is 2.66. The molecule has 14 heavy (non-hydrogen) atoms. The predicted molar refractivity (Wildman–Crippen MR) is 58.5 cm³/mol. The molecular weight excluding hydrogens is 174 g/mol. The van der Waals surface area contributed by atoms with Gasteiger partial charge in [-0.1, -0.05) is 12.8 Å². The van der Waals surface area contributed by atoms with E-state index in [2.05, 4.69) is 12.2 Å². The van der Waals surface area contributed by atoms with Gasteiger partial charge >= 0.3 is 0 Å². The van der Waals surface area contributed by atoms with E-state index in [1.165, 1.54) is 19.3 Å². The van der Waals surface area contributed by atoms with Crippen LogP contribution in [0.25, 0.3) is 0 Å². The minimum Gasteiger partial charge on any atom is -0.508 e. The molecule has 1 aromatic carbocycles. The summed E-state index contributed by atoms with van der Waals surface area (Å²) in [7, 11) is 0. The summed E-state index contributed by atoms with van der Waals surface area (Å²) < 4.78 is 0. The number of phenolic OH excluding ortho intramolecular Hbond substituents is 1. The van der Waals surface area contributed by atoms with Crippen molar-refractivity contribution in [2.24, 2.45) is 5.92 Å². The molecule has 0 heterocycles. The van der Waals surface area contributed by atoms with Crippen molar-refractivity contribution in [3.63, 3.8) is 0 Å². The second-order valence-corrected chi connectivity index (χ2v) is 4.27. The van der Waals surface area contributed by atoms with Crippen LogP contribution < -0.4 is 5.32 Å². The Morgan fingerprint density at radius 1 is 1.36 bits per heavy atom. The first-order chi connectivity index (χ1) is 6.74. The standard InChI is InChI=1S/C12H17NO/c1-9(8-10-2-3-10)13-11-4-6-12(14)7-5-11/h4-7,9-10,13-14H,2-3,8H2,1H3. The molecule has 76 valence electrons. The summed E-state index contributed by atoms with van der Waals surface area (Å²) in [4.78, 5) is 0. The molecule has 0 spiro atoms. The van der Waals surface area contributed by atoms with Crippen LogP contribution in [0.3, 0.4) is 0 Å². The van der Waals surface area contributed by atoms with E-state index in [1.54, 1.807) is 12.1 Å². The molecule has 0 saturated heterocycles. The van der Waals surface area contributed by atoms with Gasteiger partial charge in [0.25, 0.3) is 0 Å². The topological polar surface area (TPSA) is 32.3 Å². The van der Waals surface area contributed by atoms with Crippen LogP contribution in [0.15, 0.2) is 24.3 Å². The van der Waals surface area contributed by atoms with Crippen LogP contribution in [0.1, 0.15) is 26.2 Å². The van der Waals surface area contributed by atoms with Crippen LogP contribution in [0, 0.1) is 5.92 Å². The van der Waals surface area contributed by atoms with E-state index in [4.69, 9.17) is 5.11 Å². The van der Waals surface area contributed by atoms with Crippen molar-refractivity contribution in [2.75, 3.05) is 5.32 Å². The van der Waals surface area contributed by atoms with Crippen LogP contribution in [-0.2, 0) is 0 Å². The van der Waals surface area contributed by atoms with Gasteiger partial charge in [0.15, 0.2) is 0 Å². The Labute approximate surface area is 85.0 Å². The molecule has 0 radical (unpaired) electrons. The molecule has 2 nitrogen and oxygen atoms in total. The van der Waals surface area contributed by atoms with Gasteiger partial charge in [0, 0.05) is 11.7 Å². The van der Waals surface area contributed by atoms with Crippen molar-refractivity contribution in [3.8, 4) is 5.75 Å². The smallest absolute Gasteiger partial charge is 0.115 e. The second-order valence-electron chi connectivity index (χ2n) is 4.27. The number of aromatic hydroxyl groups is 1. The summed E-state index contributed by atoms with van der Waals surface area (Å²) in [6.45, 7) is 2.21. The quantitative estimate of drug-likeness (QED) is 0.717. The maximum atomic E-state index is 9.12. The van der Waals surface area contributed by atoms with Gasteiger partial charge in [-0.2, -0.15) is 0 Å². The number of phenols is 1. The van der Waals surface area contributed by atoms with Crippen molar-refractivity contribution in [3.05, 3.63) is 24.3 Å². The van der Waals surface area contributed by atoms with Gasteiger partial charge in [-0.15, -0.1) is 0 Å². The van der Waals surface area contributed by atoms with Crippen molar-refractivity contribution < 1.29 is 5.11 Å². The first-order valence-electron chi connectivity index (χ1n) is 5.29. The van der Waals surface area contributed by atoms with Gasteiger partial charge in [-0.25, -0.2) is 0 Å². The van der Waals surface area contributed by atoms with Crippen molar-refractivity contribution in [2.45, 2.75) is 32.2 Å². The Hall–Kier alpha value is -1.18. The molecule has 2 rings (SSSR count). The summed E-state index contributed by atoms with van der Waals surface area (Å²) in [5.74, 6) is 1.28. The summed E-state index contributed by atoms with van der Waals surface area (Å²) in [6, 6.07) is 7.79. The Morgan fingerprint density at radius 3 is 2.57 bits per heavy atom. The predicted octanol–water partition coefficient (Wildman–Crippen LogP) is 2.99. The Kier molecular flexibility index (Phi) is 2.62. The Bertz CT molecular complexity index is 290. The highest BCUT2D eigenvalue weighted by Gasteiger charge is 2.23. The number of hydrogen-bond acceptors (Lipinski definition) is 2. The van der Waals surface area contributed by atoms with Crippen molar-refractivity contribution in [1.29, 1.82) is 0 Å². The van der Waals surface area contributed by atoms with E-state index < -0.39 is 0 Å². The second kappa shape index (κ2) is 3.91. The van der Waals surface area contributed by atoms with E-state index in [9.17, 15) is 0 Å². The zero-order chi connectivity index (χ0) is 9.97. The average Bonchev–Trinajstić information content (AvgIpc) is 2.93. The van der Waals surface area contributed by atoms with Crippen LogP contribution in [-0.4, -0.2) is 11.1 Å². The number of benzene rings is 1. The van der Waals surface area contributed by atoms with Crippen LogP contribution >= 0.6 is 0 Å². The molecule has 1 aliphatic rings. The molecule has 2 heteroatoms. The lowest BCUT2D eigenvalue weighted by atomic mass is 10.1. The molecule has 1 fully saturated rings. The monoisotopic (exact) mass is 191 g/mol. The summed E-state index contributed by atoms with van der Waals surface area (Å²) in [6.07, 6.45) is 4.07. The maximum absolute atomic E-state index is 9.12. The fraction of sp³-hybridized carbons (Fsp3) is 0.500. The molecule has 1 aromatic rings. The lowest BCUT2D eigenvalue weighted by Crippen LogP contribution is -2.15. The lowest BCUT2D eigenvalue weighted by molar-refractivity contribution is 0.475. The highest BCUT2D eigenvalue weighted by molar-refractivity contribution is 5.46. The summed E-state index contributed by atoms with van der Waals surface area (Å²) >= 11 is 0. The molecule has 1 atom stereocenters. The first-order valence-corrected chi connectivity index (χ1v) is 5.29. The van der Waals surface area contributed by atoms with Gasteiger partial charge in [-0.05, 0) is 43.5 Å². The highest BCUT2D eigenvalue weighted by atomic mass is 16.3. The van der Waals surface area contributed by atoms with E-state index >= 15 is 0 Å². The van der Waals surface area contributed by atoms with Gasteiger partial charge in [-0.3, -0.25) is 0 Å². The van der Waals surface area contributed by atoms with E-state index in [0.29, 0.717) is 11.8 Å². The molecule has 0 amide bonds. The van der Waals surface area contributed by atoms with Crippen molar-refractivity contribution in [1.82, 2.24) is 0 Å². The molecular formula is C12H17NO. The lowest BCUT2D eigenvalue weighted by Gasteiger charge is -2.14. The molecule has 1 saturated carbocycles. The SMILES string of the molecule is CC(CC1CC1)Nc1ccc(O)cc1. The van der Waals surface area contributed by atoms with Crippen LogP contribution in [0.2, 0.25) is 0 Å². The number of rotatable bonds is 4. The molecule has 0 aliphatic heterocycles.